The highest BCUT2D eigenvalue weighted by Gasteiger charge is 2.14. The molecular formula is C12H19N3S. The van der Waals surface area contributed by atoms with E-state index < -0.39 is 0 Å². The van der Waals surface area contributed by atoms with Gasteiger partial charge in [-0.3, -0.25) is 4.98 Å². The number of hydrogen-bond acceptors (Lipinski definition) is 3. The molecule has 0 aromatic carbocycles. The molecule has 1 heterocycles. The van der Waals surface area contributed by atoms with Gasteiger partial charge in [0, 0.05) is 6.54 Å². The molecule has 0 unspecified atom stereocenters. The van der Waals surface area contributed by atoms with E-state index in [0.717, 1.165) is 18.7 Å². The van der Waals surface area contributed by atoms with Crippen LogP contribution in [0.3, 0.4) is 0 Å². The van der Waals surface area contributed by atoms with Crippen LogP contribution >= 0.6 is 12.2 Å². The van der Waals surface area contributed by atoms with Crippen LogP contribution in [-0.4, -0.2) is 16.5 Å². The van der Waals surface area contributed by atoms with Gasteiger partial charge in [-0.05, 0) is 24.0 Å². The van der Waals surface area contributed by atoms with Crippen LogP contribution in [0.1, 0.15) is 32.9 Å². The third-order valence-corrected chi connectivity index (χ3v) is 2.95. The van der Waals surface area contributed by atoms with Crippen molar-refractivity contribution in [2.45, 2.75) is 27.2 Å². The average Bonchev–Trinajstić information content (AvgIpc) is 2.27. The highest BCUT2D eigenvalue weighted by atomic mass is 32.1. The van der Waals surface area contributed by atoms with Crippen molar-refractivity contribution in [1.82, 2.24) is 4.98 Å². The largest absolute Gasteiger partial charge is 0.388 e. The number of anilines is 1. The Bertz CT molecular complexity index is 357. The molecule has 4 heteroatoms. The third-order valence-electron chi connectivity index (χ3n) is 2.74. The Balaban J connectivity index is 2.59. The van der Waals surface area contributed by atoms with Crippen molar-refractivity contribution in [3.05, 3.63) is 24.0 Å². The predicted molar refractivity (Wildman–Crippen MR) is 72.7 cm³/mol. The first kappa shape index (κ1) is 12.9. The number of aromatic nitrogens is 1. The summed E-state index contributed by atoms with van der Waals surface area (Å²) in [7, 11) is 0. The molecular weight excluding hydrogens is 218 g/mol. The second kappa shape index (κ2) is 5.25. The van der Waals surface area contributed by atoms with Crippen molar-refractivity contribution in [2.24, 2.45) is 11.1 Å². The van der Waals surface area contributed by atoms with E-state index in [9.17, 15) is 0 Å². The van der Waals surface area contributed by atoms with E-state index in [-0.39, 0.29) is 0 Å². The lowest BCUT2D eigenvalue weighted by Crippen LogP contribution is -2.22. The molecule has 1 rings (SSSR count). The SMILES string of the molecule is CCC(C)(C)CNc1ccc(C(N)=S)nc1. The molecule has 0 amide bonds. The smallest absolute Gasteiger partial charge is 0.122 e. The maximum Gasteiger partial charge on any atom is 0.122 e. The van der Waals surface area contributed by atoms with Gasteiger partial charge in [0.1, 0.15) is 4.99 Å². The van der Waals surface area contributed by atoms with Crippen LogP contribution in [0.25, 0.3) is 0 Å². The maximum atomic E-state index is 5.48. The normalized spacial score (nSPS) is 11.2. The second-order valence-corrected chi connectivity index (χ2v) is 5.11. The molecule has 0 fully saturated rings. The van der Waals surface area contributed by atoms with E-state index in [1.165, 1.54) is 0 Å². The Labute approximate surface area is 102 Å². The predicted octanol–water partition coefficient (Wildman–Crippen LogP) is 2.56. The van der Waals surface area contributed by atoms with Crippen LogP contribution in [0, 0.1) is 5.41 Å². The molecule has 0 aliphatic carbocycles. The molecule has 3 N–H and O–H groups in total. The molecule has 0 spiro atoms. The third kappa shape index (κ3) is 3.77. The first-order chi connectivity index (χ1) is 7.44. The molecule has 0 bridgehead atoms. The van der Waals surface area contributed by atoms with Crippen LogP contribution in [0.4, 0.5) is 5.69 Å². The van der Waals surface area contributed by atoms with Gasteiger partial charge < -0.3 is 11.1 Å². The van der Waals surface area contributed by atoms with Gasteiger partial charge in [0.2, 0.25) is 0 Å². The van der Waals surface area contributed by atoms with E-state index in [4.69, 9.17) is 18.0 Å². The van der Waals surface area contributed by atoms with Crippen molar-refractivity contribution in [2.75, 3.05) is 11.9 Å². The van der Waals surface area contributed by atoms with Crippen molar-refractivity contribution >= 4 is 22.9 Å². The maximum absolute atomic E-state index is 5.48. The van der Waals surface area contributed by atoms with E-state index in [0.29, 0.717) is 16.1 Å². The van der Waals surface area contributed by atoms with E-state index >= 15 is 0 Å². The minimum absolute atomic E-state index is 0.293. The van der Waals surface area contributed by atoms with Crippen molar-refractivity contribution in [3.63, 3.8) is 0 Å². The van der Waals surface area contributed by atoms with Crippen molar-refractivity contribution < 1.29 is 0 Å². The first-order valence-corrected chi connectivity index (χ1v) is 5.85. The van der Waals surface area contributed by atoms with Gasteiger partial charge in [0.25, 0.3) is 0 Å². The zero-order valence-electron chi connectivity index (χ0n) is 10.1. The topological polar surface area (TPSA) is 50.9 Å². The zero-order valence-corrected chi connectivity index (χ0v) is 10.9. The van der Waals surface area contributed by atoms with Crippen LogP contribution in [-0.2, 0) is 0 Å². The number of thiocarbonyl (C=S) groups is 1. The lowest BCUT2D eigenvalue weighted by atomic mass is 9.90. The molecule has 0 radical (unpaired) electrons. The minimum Gasteiger partial charge on any atom is -0.388 e. The Hall–Kier alpha value is -1.16. The summed E-state index contributed by atoms with van der Waals surface area (Å²) in [6, 6.07) is 3.79. The first-order valence-electron chi connectivity index (χ1n) is 5.44. The molecule has 0 atom stereocenters. The Kier molecular flexibility index (Phi) is 4.24. The molecule has 16 heavy (non-hydrogen) atoms. The quantitative estimate of drug-likeness (QED) is 0.773. The summed E-state index contributed by atoms with van der Waals surface area (Å²) < 4.78 is 0. The van der Waals surface area contributed by atoms with Crippen LogP contribution < -0.4 is 11.1 Å². The summed E-state index contributed by atoms with van der Waals surface area (Å²) in [4.78, 5) is 4.51. The van der Waals surface area contributed by atoms with Gasteiger partial charge in [0.05, 0.1) is 17.6 Å². The molecule has 1 aromatic heterocycles. The summed E-state index contributed by atoms with van der Waals surface area (Å²) in [5.74, 6) is 0. The number of nitrogens with one attached hydrogen (secondary N) is 1. The minimum atomic E-state index is 0.293. The van der Waals surface area contributed by atoms with Crippen molar-refractivity contribution in [1.29, 1.82) is 0 Å². The highest BCUT2D eigenvalue weighted by Crippen LogP contribution is 2.20. The summed E-state index contributed by atoms with van der Waals surface area (Å²) >= 11 is 4.84. The van der Waals surface area contributed by atoms with E-state index in [1.807, 2.05) is 12.1 Å². The highest BCUT2D eigenvalue weighted by molar-refractivity contribution is 7.80. The van der Waals surface area contributed by atoms with Gasteiger partial charge in [-0.1, -0.05) is 33.0 Å². The fourth-order valence-electron chi connectivity index (χ4n) is 1.11. The van der Waals surface area contributed by atoms with Crippen molar-refractivity contribution in [3.8, 4) is 0 Å². The Morgan fingerprint density at radius 1 is 1.50 bits per heavy atom. The van der Waals surface area contributed by atoms with Gasteiger partial charge in [-0.15, -0.1) is 0 Å². The Morgan fingerprint density at radius 3 is 2.62 bits per heavy atom. The molecule has 88 valence electrons. The van der Waals surface area contributed by atoms with Crippen LogP contribution in [0.2, 0.25) is 0 Å². The summed E-state index contributed by atoms with van der Waals surface area (Å²) in [6.07, 6.45) is 2.90. The summed E-state index contributed by atoms with van der Waals surface area (Å²) in [5, 5.41) is 3.36. The lowest BCUT2D eigenvalue weighted by molar-refractivity contribution is 0.377. The second-order valence-electron chi connectivity index (χ2n) is 4.67. The van der Waals surface area contributed by atoms with Gasteiger partial charge in [-0.2, -0.15) is 0 Å². The number of nitrogens with zero attached hydrogens (tertiary/aromatic N) is 1. The zero-order chi connectivity index (χ0) is 12.2. The molecule has 3 nitrogen and oxygen atoms in total. The van der Waals surface area contributed by atoms with E-state index in [1.54, 1.807) is 6.20 Å². The van der Waals surface area contributed by atoms with Crippen LogP contribution in [0.15, 0.2) is 18.3 Å². The number of hydrogen-bond donors (Lipinski definition) is 2. The van der Waals surface area contributed by atoms with Crippen LogP contribution in [0.5, 0.6) is 0 Å². The molecule has 1 aromatic rings. The molecule has 0 aliphatic heterocycles. The monoisotopic (exact) mass is 237 g/mol. The van der Waals surface area contributed by atoms with Gasteiger partial charge in [0.15, 0.2) is 0 Å². The molecule has 0 aliphatic rings. The van der Waals surface area contributed by atoms with Gasteiger partial charge in [-0.25, -0.2) is 0 Å². The molecule has 0 saturated heterocycles. The molecule has 0 saturated carbocycles. The van der Waals surface area contributed by atoms with Gasteiger partial charge >= 0.3 is 0 Å². The Morgan fingerprint density at radius 2 is 2.19 bits per heavy atom. The average molecular weight is 237 g/mol. The number of nitrogens with two attached hydrogens (primary N) is 1. The fourth-order valence-corrected chi connectivity index (χ4v) is 1.23. The number of rotatable bonds is 5. The lowest BCUT2D eigenvalue weighted by Gasteiger charge is -2.23. The summed E-state index contributed by atoms with van der Waals surface area (Å²) in [6.45, 7) is 7.58. The number of pyridine rings is 1. The standard InChI is InChI=1S/C12H19N3S/c1-4-12(2,3)8-15-9-5-6-10(11(13)16)14-7-9/h5-7,15H,4,8H2,1-3H3,(H2,13,16). The summed E-state index contributed by atoms with van der Waals surface area (Å²) in [5.41, 5.74) is 7.43. The fraction of sp³-hybridized carbons (Fsp3) is 0.500. The van der Waals surface area contributed by atoms with E-state index in [2.05, 4.69) is 31.1 Å².